The first-order chi connectivity index (χ1) is 9.06. The number of amides is 1. The Hall–Kier alpha value is -1.65. The van der Waals surface area contributed by atoms with Crippen LogP contribution in [0.5, 0.6) is 0 Å². The van der Waals surface area contributed by atoms with Gasteiger partial charge in [0.15, 0.2) is 0 Å². The van der Waals surface area contributed by atoms with Crippen LogP contribution in [0.4, 0.5) is 5.69 Å². The highest BCUT2D eigenvalue weighted by molar-refractivity contribution is 7.84. The van der Waals surface area contributed by atoms with Crippen LogP contribution in [0, 0.1) is 0 Å². The second-order valence-electron chi connectivity index (χ2n) is 3.94. The molecule has 98 valence electrons. The molecule has 2 aromatic rings. The minimum absolute atomic E-state index is 0.226. The number of rotatable bonds is 3. The van der Waals surface area contributed by atoms with E-state index in [0.29, 0.717) is 21.2 Å². The zero-order valence-electron chi connectivity index (χ0n) is 10.2. The molecule has 2 aromatic carbocycles. The molecule has 0 aliphatic rings. The van der Waals surface area contributed by atoms with Crippen molar-refractivity contribution in [2.45, 2.75) is 4.90 Å². The second kappa shape index (κ2) is 5.99. The lowest BCUT2D eigenvalue weighted by molar-refractivity contribution is 0.102. The third-order valence-electron chi connectivity index (χ3n) is 2.53. The normalized spacial score (nSPS) is 11.9. The van der Waals surface area contributed by atoms with E-state index < -0.39 is 10.8 Å². The van der Waals surface area contributed by atoms with E-state index in [-0.39, 0.29) is 5.91 Å². The molecule has 0 saturated carbocycles. The first-order valence-electron chi connectivity index (χ1n) is 5.56. The molecule has 3 nitrogen and oxygen atoms in total. The summed E-state index contributed by atoms with van der Waals surface area (Å²) in [6, 6.07) is 13.6. The third kappa shape index (κ3) is 3.66. The molecule has 0 spiro atoms. The number of carbonyl (C=O) groups excluding carboxylic acids is 1. The van der Waals surface area contributed by atoms with Crippen molar-refractivity contribution in [2.75, 3.05) is 11.6 Å². The smallest absolute Gasteiger partial charge is 0.255 e. The number of hydrogen-bond donors (Lipinski definition) is 1. The molecule has 0 aliphatic carbocycles. The number of carbonyl (C=O) groups is 1. The summed E-state index contributed by atoms with van der Waals surface area (Å²) in [6.45, 7) is 0. The Balaban J connectivity index is 2.14. The maximum atomic E-state index is 12.0. The number of nitrogens with one attached hydrogen (secondary N) is 1. The summed E-state index contributed by atoms with van der Waals surface area (Å²) in [6.07, 6.45) is 1.60. The first-order valence-corrected chi connectivity index (χ1v) is 7.50. The Morgan fingerprint density at radius 2 is 1.84 bits per heavy atom. The predicted octanol–water partition coefficient (Wildman–Crippen LogP) is 3.33. The van der Waals surface area contributed by atoms with Crippen LogP contribution in [0.3, 0.4) is 0 Å². The van der Waals surface area contributed by atoms with Crippen molar-refractivity contribution >= 4 is 34.0 Å². The van der Waals surface area contributed by atoms with Crippen LogP contribution < -0.4 is 5.32 Å². The van der Waals surface area contributed by atoms with Crippen molar-refractivity contribution in [3.63, 3.8) is 0 Å². The Labute approximate surface area is 119 Å². The predicted molar refractivity (Wildman–Crippen MR) is 78.2 cm³/mol. The zero-order chi connectivity index (χ0) is 13.8. The lowest BCUT2D eigenvalue weighted by atomic mass is 10.2. The maximum absolute atomic E-state index is 12.0. The highest BCUT2D eigenvalue weighted by Gasteiger charge is 2.07. The lowest BCUT2D eigenvalue weighted by Gasteiger charge is -2.06. The van der Waals surface area contributed by atoms with E-state index in [2.05, 4.69) is 5.32 Å². The largest absolute Gasteiger partial charge is 0.322 e. The molecule has 1 N–H and O–H groups in total. The van der Waals surface area contributed by atoms with Gasteiger partial charge in [-0.1, -0.05) is 17.7 Å². The van der Waals surface area contributed by atoms with Crippen LogP contribution in [0.1, 0.15) is 10.4 Å². The second-order valence-corrected chi connectivity index (χ2v) is 5.76. The topological polar surface area (TPSA) is 46.2 Å². The van der Waals surface area contributed by atoms with E-state index in [1.165, 1.54) is 0 Å². The first kappa shape index (κ1) is 13.8. The summed E-state index contributed by atoms with van der Waals surface area (Å²) in [5, 5.41) is 3.31. The average molecular weight is 294 g/mol. The summed E-state index contributed by atoms with van der Waals surface area (Å²) < 4.78 is 11.3. The molecule has 0 heterocycles. The van der Waals surface area contributed by atoms with Crippen molar-refractivity contribution in [1.82, 2.24) is 0 Å². The van der Waals surface area contributed by atoms with Gasteiger partial charge < -0.3 is 5.32 Å². The molecule has 19 heavy (non-hydrogen) atoms. The van der Waals surface area contributed by atoms with Gasteiger partial charge in [0.05, 0.1) is 0 Å². The quantitative estimate of drug-likeness (QED) is 0.943. The van der Waals surface area contributed by atoms with Crippen molar-refractivity contribution in [2.24, 2.45) is 0 Å². The van der Waals surface area contributed by atoms with Crippen LogP contribution in [0.15, 0.2) is 53.4 Å². The van der Waals surface area contributed by atoms with E-state index >= 15 is 0 Å². The summed E-state index contributed by atoms with van der Waals surface area (Å²) >= 11 is 5.84. The number of halogens is 1. The molecular formula is C14H12ClNO2S. The van der Waals surface area contributed by atoms with Gasteiger partial charge in [-0.3, -0.25) is 9.00 Å². The minimum Gasteiger partial charge on any atom is -0.322 e. The van der Waals surface area contributed by atoms with Gasteiger partial charge in [-0.2, -0.15) is 0 Å². The fourth-order valence-corrected chi connectivity index (χ4v) is 2.28. The fourth-order valence-electron chi connectivity index (χ4n) is 1.57. The van der Waals surface area contributed by atoms with Gasteiger partial charge >= 0.3 is 0 Å². The van der Waals surface area contributed by atoms with E-state index in [1.54, 1.807) is 54.8 Å². The molecule has 0 fully saturated rings. The van der Waals surface area contributed by atoms with E-state index in [9.17, 15) is 9.00 Å². The van der Waals surface area contributed by atoms with Crippen molar-refractivity contribution in [1.29, 1.82) is 0 Å². The summed E-state index contributed by atoms with van der Waals surface area (Å²) in [5.41, 5.74) is 1.15. The third-order valence-corrected chi connectivity index (χ3v) is 3.70. The van der Waals surface area contributed by atoms with Crippen molar-refractivity contribution in [3.8, 4) is 0 Å². The van der Waals surface area contributed by atoms with E-state index in [1.807, 2.05) is 0 Å². The standard InChI is InChI=1S/C14H12ClNO2S/c1-19(18)13-7-5-10(6-8-13)14(17)16-12-4-2-3-11(15)9-12/h2-9H,1H3,(H,16,17). The molecule has 0 aliphatic heterocycles. The molecule has 0 radical (unpaired) electrons. The Bertz CT molecular complexity index is 626. The van der Waals surface area contributed by atoms with Gasteiger partial charge in [-0.25, -0.2) is 0 Å². The van der Waals surface area contributed by atoms with Crippen LogP contribution in [-0.2, 0) is 10.8 Å². The van der Waals surface area contributed by atoms with Gasteiger partial charge in [-0.15, -0.1) is 0 Å². The number of hydrogen-bond acceptors (Lipinski definition) is 2. The van der Waals surface area contributed by atoms with Crippen molar-refractivity contribution in [3.05, 3.63) is 59.1 Å². The molecular weight excluding hydrogens is 282 g/mol. The van der Waals surface area contributed by atoms with Crippen LogP contribution in [0.2, 0.25) is 5.02 Å². The molecule has 2 rings (SSSR count). The molecule has 1 atom stereocenters. The molecule has 0 aromatic heterocycles. The van der Waals surface area contributed by atoms with Gasteiger partial charge in [0.2, 0.25) is 0 Å². The lowest BCUT2D eigenvalue weighted by Crippen LogP contribution is -2.11. The van der Waals surface area contributed by atoms with E-state index in [0.717, 1.165) is 0 Å². The van der Waals surface area contributed by atoms with Gasteiger partial charge in [-0.05, 0) is 42.5 Å². The van der Waals surface area contributed by atoms with Gasteiger partial charge in [0, 0.05) is 38.2 Å². The highest BCUT2D eigenvalue weighted by atomic mass is 35.5. The average Bonchev–Trinajstić information content (AvgIpc) is 2.39. The Morgan fingerprint density at radius 3 is 2.42 bits per heavy atom. The van der Waals surface area contributed by atoms with Crippen LogP contribution in [0.25, 0.3) is 0 Å². The Morgan fingerprint density at radius 1 is 1.16 bits per heavy atom. The number of benzene rings is 2. The van der Waals surface area contributed by atoms with Crippen molar-refractivity contribution < 1.29 is 9.00 Å². The zero-order valence-corrected chi connectivity index (χ0v) is 11.8. The summed E-state index contributed by atoms with van der Waals surface area (Å²) in [4.78, 5) is 12.7. The summed E-state index contributed by atoms with van der Waals surface area (Å²) in [7, 11) is -1.04. The summed E-state index contributed by atoms with van der Waals surface area (Å²) in [5.74, 6) is -0.226. The molecule has 5 heteroatoms. The van der Waals surface area contributed by atoms with Crippen LogP contribution >= 0.6 is 11.6 Å². The Kier molecular flexibility index (Phi) is 4.35. The molecule has 1 amide bonds. The molecule has 0 bridgehead atoms. The molecule has 0 saturated heterocycles. The highest BCUT2D eigenvalue weighted by Crippen LogP contribution is 2.16. The van der Waals surface area contributed by atoms with Gasteiger partial charge in [0.1, 0.15) is 0 Å². The monoisotopic (exact) mass is 293 g/mol. The fraction of sp³-hybridized carbons (Fsp3) is 0.0714. The van der Waals surface area contributed by atoms with E-state index in [4.69, 9.17) is 11.6 Å². The minimum atomic E-state index is -1.04. The number of anilines is 1. The van der Waals surface area contributed by atoms with Gasteiger partial charge in [0.25, 0.3) is 5.91 Å². The van der Waals surface area contributed by atoms with Crippen LogP contribution in [-0.4, -0.2) is 16.4 Å². The maximum Gasteiger partial charge on any atom is 0.255 e. The SMILES string of the molecule is CS(=O)c1ccc(C(=O)Nc2cccc(Cl)c2)cc1. The molecule has 1 unspecified atom stereocenters.